The highest BCUT2D eigenvalue weighted by Crippen LogP contribution is 2.38. The molecule has 216 valence electrons. The Hall–Kier alpha value is -4.10. The number of hydrogen-bond donors (Lipinski definition) is 2. The molecule has 41 heavy (non-hydrogen) atoms. The van der Waals surface area contributed by atoms with Crippen LogP contribution in [0.15, 0.2) is 79.0 Å². The number of allylic oxidation sites excluding steroid dienone is 2. The highest BCUT2D eigenvalue weighted by molar-refractivity contribution is 6.30. The summed E-state index contributed by atoms with van der Waals surface area (Å²) in [5.74, 6) is -3.29. The van der Waals surface area contributed by atoms with E-state index in [1.165, 1.54) is 36.4 Å². The zero-order valence-corrected chi connectivity index (χ0v) is 21.5. The van der Waals surface area contributed by atoms with Gasteiger partial charge in [-0.2, -0.15) is 18.3 Å². The van der Waals surface area contributed by atoms with Crippen LogP contribution in [0.3, 0.4) is 0 Å². The smallest absolute Gasteiger partial charge is 0.480 e. The van der Waals surface area contributed by atoms with E-state index in [4.69, 9.17) is 11.6 Å². The van der Waals surface area contributed by atoms with Crippen LogP contribution in [0.5, 0.6) is 0 Å². The van der Waals surface area contributed by atoms with Gasteiger partial charge in [0, 0.05) is 11.4 Å². The first-order valence-electron chi connectivity index (χ1n) is 11.8. The van der Waals surface area contributed by atoms with E-state index in [0.29, 0.717) is 22.0 Å². The molecule has 1 heterocycles. The van der Waals surface area contributed by atoms with Gasteiger partial charge in [0.05, 0.1) is 17.4 Å². The van der Waals surface area contributed by atoms with Crippen molar-refractivity contribution in [3.63, 3.8) is 0 Å². The molecule has 2 aromatic carbocycles. The maximum Gasteiger partial charge on any atom is 0.523 e. The van der Waals surface area contributed by atoms with Gasteiger partial charge in [-0.1, -0.05) is 60.2 Å². The molecule has 0 fully saturated rings. The Morgan fingerprint density at radius 3 is 2.27 bits per heavy atom. The first-order chi connectivity index (χ1) is 19.2. The van der Waals surface area contributed by atoms with Gasteiger partial charge in [-0.25, -0.2) is 9.48 Å². The number of carbonyl (C=O) groups excluding carboxylic acids is 1. The Morgan fingerprint density at radius 1 is 1.07 bits per heavy atom. The number of aliphatic carboxylic acids is 1. The Labute approximate surface area is 233 Å². The molecule has 2 atom stereocenters. The number of nitrogens with zero attached hydrogens (tertiary/aromatic N) is 2. The van der Waals surface area contributed by atoms with Crippen LogP contribution in [-0.2, 0) is 15.7 Å². The van der Waals surface area contributed by atoms with Gasteiger partial charge in [-0.15, -0.1) is 13.2 Å². The summed E-state index contributed by atoms with van der Waals surface area (Å²) in [7, 11) is 0. The Kier molecular flexibility index (Phi) is 8.31. The molecule has 3 aromatic rings. The van der Waals surface area contributed by atoms with Crippen molar-refractivity contribution in [3.8, 4) is 5.69 Å². The molecule has 2 N–H and O–H groups in total. The van der Waals surface area contributed by atoms with E-state index < -0.39 is 60.2 Å². The zero-order chi connectivity index (χ0) is 30.0. The van der Waals surface area contributed by atoms with E-state index in [2.05, 4.69) is 9.84 Å². The van der Waals surface area contributed by atoms with E-state index >= 15 is 0 Å². The monoisotopic (exact) mass is 599 g/mol. The van der Waals surface area contributed by atoms with Crippen molar-refractivity contribution in [1.29, 1.82) is 0 Å². The molecular weight excluding hydrogens is 580 g/mol. The van der Waals surface area contributed by atoms with Crippen molar-refractivity contribution in [2.75, 3.05) is 0 Å². The average molecular weight is 600 g/mol. The summed E-state index contributed by atoms with van der Waals surface area (Å²) in [6.45, 7) is 0. The Balaban J connectivity index is 1.63. The highest BCUT2D eigenvalue weighted by atomic mass is 35.5. The Morgan fingerprint density at radius 2 is 1.73 bits per heavy atom. The van der Waals surface area contributed by atoms with Gasteiger partial charge in [0.2, 0.25) is 0 Å². The number of alkyl halides is 6. The standard InChI is InChI=1S/C27H20ClF6N3O4/c28-18-6-8-19(9-7-18)37-22(26(29,30)31)20(15-35-37)23(38)36-21(24(39)40)14-25(41-27(32,33)34)12-10-17(11-13-25)16-4-2-1-3-5-16/h1-12,15,21H,13-14H2,(H,36,38)(H,39,40). The van der Waals surface area contributed by atoms with E-state index in [0.717, 1.165) is 6.08 Å². The lowest BCUT2D eigenvalue weighted by atomic mass is 9.84. The fraction of sp³-hybridized carbons (Fsp3) is 0.222. The minimum atomic E-state index is -5.20. The van der Waals surface area contributed by atoms with Crippen molar-refractivity contribution < 1.29 is 45.8 Å². The molecule has 4 rings (SSSR count). The van der Waals surface area contributed by atoms with E-state index in [1.54, 1.807) is 30.3 Å². The van der Waals surface area contributed by atoms with Crippen molar-refractivity contribution >= 4 is 29.1 Å². The molecule has 1 amide bonds. The summed E-state index contributed by atoms with van der Waals surface area (Å²) in [6.07, 6.45) is -7.34. The SMILES string of the molecule is O=C(NC(CC1(OC(F)(F)F)C=CC(c2ccccc2)=CC1)C(=O)O)c1cnn(-c2ccc(Cl)cc2)c1C(F)(F)F. The Bertz CT molecular complexity index is 1480. The molecule has 0 saturated carbocycles. The molecule has 0 radical (unpaired) electrons. The molecule has 14 heteroatoms. The maximum absolute atomic E-state index is 14.0. The van der Waals surface area contributed by atoms with Gasteiger partial charge in [-0.05, 0) is 41.8 Å². The molecule has 7 nitrogen and oxygen atoms in total. The quantitative estimate of drug-likeness (QED) is 0.291. The van der Waals surface area contributed by atoms with Gasteiger partial charge in [0.15, 0.2) is 5.69 Å². The topological polar surface area (TPSA) is 93.4 Å². The number of nitrogens with one attached hydrogen (secondary N) is 1. The highest BCUT2D eigenvalue weighted by Gasteiger charge is 2.46. The number of carboxylic acids is 1. The lowest BCUT2D eigenvalue weighted by Crippen LogP contribution is -2.49. The number of hydrogen-bond acceptors (Lipinski definition) is 4. The van der Waals surface area contributed by atoms with Gasteiger partial charge in [0.1, 0.15) is 11.6 Å². The van der Waals surface area contributed by atoms with Crippen molar-refractivity contribution in [3.05, 3.63) is 101 Å². The normalized spacial score (nSPS) is 18.1. The number of halogens is 7. The molecule has 0 spiro atoms. The third-order valence-corrected chi connectivity index (χ3v) is 6.42. The summed E-state index contributed by atoms with van der Waals surface area (Å²) in [6, 6.07) is 11.6. The molecule has 2 unspecified atom stereocenters. The minimum Gasteiger partial charge on any atom is -0.480 e. The molecule has 0 bridgehead atoms. The average Bonchev–Trinajstić information content (AvgIpc) is 3.35. The van der Waals surface area contributed by atoms with Gasteiger partial charge < -0.3 is 10.4 Å². The van der Waals surface area contributed by atoms with Crippen LogP contribution in [0.2, 0.25) is 5.02 Å². The summed E-state index contributed by atoms with van der Waals surface area (Å²) in [5.41, 5.74) is -3.68. The molecule has 0 saturated heterocycles. The van der Waals surface area contributed by atoms with Gasteiger partial charge in [0.25, 0.3) is 5.91 Å². The predicted molar refractivity (Wildman–Crippen MR) is 135 cm³/mol. The number of rotatable bonds is 8. The lowest BCUT2D eigenvalue weighted by molar-refractivity contribution is -0.359. The third-order valence-electron chi connectivity index (χ3n) is 6.17. The molecule has 1 aliphatic carbocycles. The summed E-state index contributed by atoms with van der Waals surface area (Å²) >= 11 is 5.78. The van der Waals surface area contributed by atoms with Gasteiger partial charge in [-0.3, -0.25) is 9.53 Å². The molecule has 1 aromatic heterocycles. The lowest BCUT2D eigenvalue weighted by Gasteiger charge is -2.35. The van der Waals surface area contributed by atoms with Crippen molar-refractivity contribution in [2.24, 2.45) is 0 Å². The van der Waals surface area contributed by atoms with E-state index in [-0.39, 0.29) is 10.7 Å². The van der Waals surface area contributed by atoms with E-state index in [1.807, 2.05) is 5.32 Å². The van der Waals surface area contributed by atoms with Crippen LogP contribution in [-0.4, -0.2) is 44.8 Å². The second kappa shape index (κ2) is 11.4. The maximum atomic E-state index is 14.0. The molecular formula is C27H20ClF6N3O4. The predicted octanol–water partition coefficient (Wildman–Crippen LogP) is 6.44. The molecule has 0 aliphatic heterocycles. The number of amides is 1. The number of aromatic nitrogens is 2. The first-order valence-corrected chi connectivity index (χ1v) is 12.2. The number of carbonyl (C=O) groups is 2. The molecule has 1 aliphatic rings. The second-order valence-corrected chi connectivity index (χ2v) is 9.47. The van der Waals surface area contributed by atoms with Crippen LogP contribution in [0.4, 0.5) is 26.3 Å². The number of ether oxygens (including phenoxy) is 1. The minimum absolute atomic E-state index is 0.0959. The summed E-state index contributed by atoms with van der Waals surface area (Å²) in [4.78, 5) is 25.0. The summed E-state index contributed by atoms with van der Waals surface area (Å²) < 4.78 is 87.0. The van der Waals surface area contributed by atoms with Crippen LogP contribution in [0.25, 0.3) is 11.3 Å². The first kappa shape index (κ1) is 29.9. The van der Waals surface area contributed by atoms with Crippen LogP contribution < -0.4 is 5.32 Å². The van der Waals surface area contributed by atoms with Crippen LogP contribution >= 0.6 is 11.6 Å². The zero-order valence-electron chi connectivity index (χ0n) is 20.7. The fourth-order valence-corrected chi connectivity index (χ4v) is 4.48. The van der Waals surface area contributed by atoms with E-state index in [9.17, 15) is 41.0 Å². The summed E-state index contributed by atoms with van der Waals surface area (Å²) in [5, 5.41) is 15.5. The number of benzene rings is 2. The third kappa shape index (κ3) is 7.16. The number of carboxylic acid groups (broad SMARTS) is 1. The second-order valence-electron chi connectivity index (χ2n) is 9.04. The van der Waals surface area contributed by atoms with Gasteiger partial charge >= 0.3 is 18.5 Å². The van der Waals surface area contributed by atoms with Crippen LogP contribution in [0.1, 0.15) is 34.5 Å². The van der Waals surface area contributed by atoms with Crippen LogP contribution in [0, 0.1) is 0 Å². The van der Waals surface area contributed by atoms with Crippen molar-refractivity contribution in [1.82, 2.24) is 15.1 Å². The largest absolute Gasteiger partial charge is 0.523 e. The fourth-order valence-electron chi connectivity index (χ4n) is 4.35. The van der Waals surface area contributed by atoms with Crippen molar-refractivity contribution in [2.45, 2.75) is 37.0 Å².